The zero-order chi connectivity index (χ0) is 24.6. The summed E-state index contributed by atoms with van der Waals surface area (Å²) in [4.78, 5) is 28.6. The van der Waals surface area contributed by atoms with Gasteiger partial charge < -0.3 is 25.8 Å². The maximum atomic E-state index is 13.0. The number of carbonyl (C=O) groups is 1. The molecule has 2 aliphatic heterocycles. The number of nitrogens with two attached hydrogens (primary N) is 1. The Morgan fingerprint density at radius 2 is 1.78 bits per heavy atom. The van der Waals surface area contributed by atoms with E-state index in [2.05, 4.69) is 74.6 Å². The predicted molar refractivity (Wildman–Crippen MR) is 142 cm³/mol. The van der Waals surface area contributed by atoms with Crippen LogP contribution in [-0.4, -0.2) is 71.6 Å². The van der Waals surface area contributed by atoms with Gasteiger partial charge in [-0.25, -0.2) is 9.78 Å². The monoisotopic (exact) mass is 483 g/mol. The van der Waals surface area contributed by atoms with Crippen LogP contribution in [-0.2, 0) is 13.0 Å². The Hall–Kier alpha value is -3.65. The summed E-state index contributed by atoms with van der Waals surface area (Å²) >= 11 is 0. The molecule has 2 amide bonds. The highest BCUT2D eigenvalue weighted by Gasteiger charge is 2.40. The molecule has 3 aromatic rings. The number of nitrogens with one attached hydrogen (secondary N) is 1. The van der Waals surface area contributed by atoms with E-state index in [1.807, 2.05) is 17.0 Å². The van der Waals surface area contributed by atoms with Gasteiger partial charge >= 0.3 is 6.03 Å². The Balaban J connectivity index is 1.15. The number of hydrogen-bond donors (Lipinski definition) is 2. The van der Waals surface area contributed by atoms with Crippen LogP contribution in [0.1, 0.15) is 29.0 Å². The van der Waals surface area contributed by atoms with E-state index in [0.29, 0.717) is 12.5 Å². The highest BCUT2D eigenvalue weighted by Crippen LogP contribution is 2.40. The SMILES string of the molecule is CN1CCN(c2cc(-c3ccc4c(c3)CN(C(=O)N[C@@H]3C[C@H]3c3ccccc3)CC4)nc(N)n2)CC1. The number of fused-ring (bicyclic) bond motifs is 1. The van der Waals surface area contributed by atoms with Gasteiger partial charge in [-0.15, -0.1) is 0 Å². The van der Waals surface area contributed by atoms with Crippen molar-refractivity contribution in [3.63, 3.8) is 0 Å². The summed E-state index contributed by atoms with van der Waals surface area (Å²) in [5.74, 6) is 1.59. The molecule has 3 aliphatic rings. The molecular weight excluding hydrogens is 450 g/mol. The molecule has 6 rings (SSSR count). The van der Waals surface area contributed by atoms with Crippen molar-refractivity contribution in [3.05, 3.63) is 71.3 Å². The molecule has 1 aromatic heterocycles. The maximum absolute atomic E-state index is 13.0. The third-order valence-electron chi connectivity index (χ3n) is 7.69. The number of aromatic nitrogens is 2. The summed E-state index contributed by atoms with van der Waals surface area (Å²) in [5, 5.41) is 3.24. The molecule has 1 aliphatic carbocycles. The second-order valence-electron chi connectivity index (χ2n) is 10.2. The highest BCUT2D eigenvalue weighted by atomic mass is 16.2. The number of amides is 2. The summed E-state index contributed by atoms with van der Waals surface area (Å²) in [6.07, 6.45) is 1.86. The minimum absolute atomic E-state index is 0.0260. The van der Waals surface area contributed by atoms with Gasteiger partial charge in [-0.3, -0.25) is 0 Å². The first kappa shape index (κ1) is 22.8. The van der Waals surface area contributed by atoms with E-state index in [4.69, 9.17) is 5.73 Å². The topological polar surface area (TPSA) is 90.6 Å². The first-order chi connectivity index (χ1) is 17.5. The Morgan fingerprint density at radius 3 is 2.58 bits per heavy atom. The minimum atomic E-state index is 0.0260. The average molecular weight is 484 g/mol. The number of nitrogens with zero attached hydrogens (tertiary/aromatic N) is 5. The van der Waals surface area contributed by atoms with Crippen LogP contribution in [0, 0.1) is 0 Å². The zero-order valence-corrected chi connectivity index (χ0v) is 20.7. The number of urea groups is 1. The number of hydrogen-bond acceptors (Lipinski definition) is 6. The summed E-state index contributed by atoms with van der Waals surface area (Å²) in [6.45, 7) is 5.18. The lowest BCUT2D eigenvalue weighted by molar-refractivity contribution is 0.191. The minimum Gasteiger partial charge on any atom is -0.368 e. The van der Waals surface area contributed by atoms with Crippen LogP contribution < -0.4 is 16.0 Å². The largest absolute Gasteiger partial charge is 0.368 e. The molecule has 0 spiro atoms. The number of rotatable bonds is 4. The lowest BCUT2D eigenvalue weighted by Gasteiger charge is -2.33. The van der Waals surface area contributed by atoms with Gasteiger partial charge in [0.2, 0.25) is 5.95 Å². The highest BCUT2D eigenvalue weighted by molar-refractivity contribution is 5.76. The summed E-state index contributed by atoms with van der Waals surface area (Å²) in [5.41, 5.74) is 11.7. The van der Waals surface area contributed by atoms with Crippen molar-refractivity contribution in [2.24, 2.45) is 0 Å². The van der Waals surface area contributed by atoms with Crippen LogP contribution in [0.2, 0.25) is 0 Å². The predicted octanol–water partition coefficient (Wildman–Crippen LogP) is 3.10. The van der Waals surface area contributed by atoms with Gasteiger partial charge in [0.05, 0.1) is 5.69 Å². The van der Waals surface area contributed by atoms with Crippen LogP contribution in [0.15, 0.2) is 54.6 Å². The van der Waals surface area contributed by atoms with Crippen LogP contribution in [0.25, 0.3) is 11.3 Å². The Bertz CT molecular complexity index is 1260. The van der Waals surface area contributed by atoms with E-state index in [1.54, 1.807) is 0 Å². The molecule has 2 atom stereocenters. The fourth-order valence-electron chi connectivity index (χ4n) is 5.36. The van der Waals surface area contributed by atoms with Gasteiger partial charge in [0.15, 0.2) is 0 Å². The molecule has 0 radical (unpaired) electrons. The lowest BCUT2D eigenvalue weighted by Crippen LogP contribution is -2.44. The molecule has 1 saturated heterocycles. The van der Waals surface area contributed by atoms with Gasteiger partial charge in [0.25, 0.3) is 0 Å². The van der Waals surface area contributed by atoms with Crippen molar-refractivity contribution in [1.82, 2.24) is 25.1 Å². The number of benzene rings is 2. The third-order valence-corrected chi connectivity index (χ3v) is 7.69. The molecule has 0 unspecified atom stereocenters. The van der Waals surface area contributed by atoms with Crippen LogP contribution in [0.3, 0.4) is 0 Å². The van der Waals surface area contributed by atoms with Crippen molar-refractivity contribution < 1.29 is 4.79 Å². The van der Waals surface area contributed by atoms with Crippen molar-refractivity contribution in [2.45, 2.75) is 31.3 Å². The fraction of sp³-hybridized carbons (Fsp3) is 0.393. The summed E-state index contributed by atoms with van der Waals surface area (Å²) in [7, 11) is 2.14. The molecule has 3 N–H and O–H groups in total. The zero-order valence-electron chi connectivity index (χ0n) is 20.7. The number of anilines is 2. The number of carbonyl (C=O) groups excluding carboxylic acids is 1. The second kappa shape index (κ2) is 9.43. The normalized spacial score (nSPS) is 21.7. The van der Waals surface area contributed by atoms with Gasteiger partial charge in [0, 0.05) is 62.9 Å². The van der Waals surface area contributed by atoms with Crippen LogP contribution in [0.4, 0.5) is 16.6 Å². The Morgan fingerprint density at radius 1 is 0.972 bits per heavy atom. The molecule has 8 heteroatoms. The molecular formula is C28H33N7O. The van der Waals surface area contributed by atoms with E-state index in [0.717, 1.165) is 62.6 Å². The first-order valence-corrected chi connectivity index (χ1v) is 12.8. The first-order valence-electron chi connectivity index (χ1n) is 12.8. The van der Waals surface area contributed by atoms with Gasteiger partial charge in [-0.05, 0) is 42.6 Å². The summed E-state index contributed by atoms with van der Waals surface area (Å²) < 4.78 is 0. The second-order valence-corrected chi connectivity index (χ2v) is 10.2. The molecule has 0 bridgehead atoms. The van der Waals surface area contributed by atoms with E-state index in [-0.39, 0.29) is 18.0 Å². The Kier molecular flexibility index (Phi) is 5.97. The molecule has 1 saturated carbocycles. The molecule has 3 heterocycles. The molecule has 186 valence electrons. The molecule has 2 aromatic carbocycles. The smallest absolute Gasteiger partial charge is 0.317 e. The van der Waals surface area contributed by atoms with E-state index in [9.17, 15) is 4.79 Å². The van der Waals surface area contributed by atoms with Gasteiger partial charge in [0.1, 0.15) is 5.82 Å². The van der Waals surface area contributed by atoms with E-state index >= 15 is 0 Å². The van der Waals surface area contributed by atoms with Gasteiger partial charge in [-0.2, -0.15) is 4.98 Å². The Labute approximate surface area is 212 Å². The lowest BCUT2D eigenvalue weighted by atomic mass is 9.96. The van der Waals surface area contributed by atoms with Crippen molar-refractivity contribution in [1.29, 1.82) is 0 Å². The van der Waals surface area contributed by atoms with Gasteiger partial charge in [-0.1, -0.05) is 42.5 Å². The van der Waals surface area contributed by atoms with Crippen LogP contribution >= 0.6 is 0 Å². The average Bonchev–Trinajstić information content (AvgIpc) is 3.67. The fourth-order valence-corrected chi connectivity index (χ4v) is 5.36. The van der Waals surface area contributed by atoms with E-state index in [1.165, 1.54) is 16.7 Å². The standard InChI is InChI=1S/C28H33N7O/c1-33-11-13-34(14-12-33)26-17-24(30-27(29)32-26)21-8-7-19-9-10-35(18-22(19)15-21)28(36)31-25-16-23(25)20-5-3-2-4-6-20/h2-8,15,17,23,25H,9-14,16,18H2,1H3,(H,31,36)(H2,29,30,32)/t23-,25+/m0/s1. The van der Waals surface area contributed by atoms with Crippen molar-refractivity contribution in [3.8, 4) is 11.3 Å². The molecule has 36 heavy (non-hydrogen) atoms. The molecule has 2 fully saturated rings. The number of piperazine rings is 1. The summed E-state index contributed by atoms with van der Waals surface area (Å²) in [6, 6.07) is 19.2. The van der Waals surface area contributed by atoms with Crippen molar-refractivity contribution in [2.75, 3.05) is 50.4 Å². The number of nitrogen functional groups attached to an aromatic ring is 1. The maximum Gasteiger partial charge on any atom is 0.317 e. The van der Waals surface area contributed by atoms with Crippen molar-refractivity contribution >= 4 is 17.8 Å². The van der Waals surface area contributed by atoms with E-state index < -0.39 is 0 Å². The van der Waals surface area contributed by atoms with Crippen LogP contribution in [0.5, 0.6) is 0 Å². The quantitative estimate of drug-likeness (QED) is 0.593. The number of likely N-dealkylation sites (N-methyl/N-ethyl adjacent to an activating group) is 1. The molecule has 8 nitrogen and oxygen atoms in total. The third kappa shape index (κ3) is 4.73.